The molecule has 6 nitrogen and oxygen atoms in total. The molecule has 0 fully saturated rings. The van der Waals surface area contributed by atoms with E-state index in [1.54, 1.807) is 29.5 Å². The van der Waals surface area contributed by atoms with Crippen molar-refractivity contribution in [2.75, 3.05) is 0 Å². The van der Waals surface area contributed by atoms with Crippen LogP contribution in [0.2, 0.25) is 0 Å². The minimum Gasteiger partial charge on any atom is -0.345 e. The van der Waals surface area contributed by atoms with Gasteiger partial charge in [-0.15, -0.1) is 11.3 Å². The summed E-state index contributed by atoms with van der Waals surface area (Å²) in [6.45, 7) is 5.81. The Morgan fingerprint density at radius 2 is 2.08 bits per heavy atom. The molecule has 0 aliphatic carbocycles. The second kappa shape index (κ2) is 6.29. The lowest BCUT2D eigenvalue weighted by Gasteiger charge is -2.13. The van der Waals surface area contributed by atoms with E-state index in [1.165, 1.54) is 0 Å². The van der Waals surface area contributed by atoms with Gasteiger partial charge in [0, 0.05) is 10.4 Å². The quantitative estimate of drug-likeness (QED) is 0.626. The van der Waals surface area contributed by atoms with Gasteiger partial charge in [0.15, 0.2) is 4.77 Å². The Labute approximate surface area is 147 Å². The van der Waals surface area contributed by atoms with Crippen molar-refractivity contribution < 1.29 is 4.79 Å². The lowest BCUT2D eigenvalue weighted by Crippen LogP contribution is -2.26. The molecule has 2 heterocycles. The lowest BCUT2D eigenvalue weighted by molar-refractivity contribution is 0.0940. The summed E-state index contributed by atoms with van der Waals surface area (Å²) in [6, 6.07) is 4.73. The van der Waals surface area contributed by atoms with E-state index in [0.717, 1.165) is 15.6 Å². The first kappa shape index (κ1) is 16.5. The van der Waals surface area contributed by atoms with Gasteiger partial charge in [-0.3, -0.25) is 14.6 Å². The molecular weight excluding hydrogens is 344 g/mol. The van der Waals surface area contributed by atoms with Crippen LogP contribution in [0.15, 0.2) is 23.0 Å². The first-order chi connectivity index (χ1) is 11.3. The molecule has 0 aliphatic heterocycles. The molecule has 1 amide bonds. The van der Waals surface area contributed by atoms with Gasteiger partial charge < -0.3 is 10.3 Å². The fourth-order valence-corrected chi connectivity index (χ4v) is 3.74. The van der Waals surface area contributed by atoms with Crippen molar-refractivity contribution in [3.63, 3.8) is 0 Å². The van der Waals surface area contributed by atoms with Crippen LogP contribution in [0.1, 0.15) is 38.9 Å². The van der Waals surface area contributed by atoms with Gasteiger partial charge in [0.25, 0.3) is 11.5 Å². The van der Waals surface area contributed by atoms with Crippen LogP contribution in [-0.2, 0) is 0 Å². The maximum absolute atomic E-state index is 12.5. The number of thiazole rings is 1. The van der Waals surface area contributed by atoms with Crippen molar-refractivity contribution >= 4 is 40.4 Å². The summed E-state index contributed by atoms with van der Waals surface area (Å²) in [5.41, 5.74) is 1.66. The van der Waals surface area contributed by atoms with Crippen molar-refractivity contribution in [3.05, 3.63) is 54.5 Å². The number of nitrogens with zero attached hydrogens (tertiary/aromatic N) is 1. The highest BCUT2D eigenvalue weighted by Gasteiger charge is 2.16. The molecule has 0 unspecified atom stereocenters. The molecule has 1 aromatic carbocycles. The highest BCUT2D eigenvalue weighted by Crippen LogP contribution is 2.24. The number of carbonyl (C=O) groups is 1. The summed E-state index contributed by atoms with van der Waals surface area (Å²) in [5.74, 6) is -0.213. The van der Waals surface area contributed by atoms with Crippen molar-refractivity contribution in [3.8, 4) is 0 Å². The Hall–Kier alpha value is -2.32. The Morgan fingerprint density at radius 3 is 2.75 bits per heavy atom. The number of amides is 1. The molecule has 0 radical (unpaired) electrons. The lowest BCUT2D eigenvalue weighted by atomic mass is 10.1. The van der Waals surface area contributed by atoms with Gasteiger partial charge in [-0.05, 0) is 51.2 Å². The Bertz CT molecular complexity index is 1050. The topological polar surface area (TPSA) is 90.6 Å². The Morgan fingerprint density at radius 1 is 1.33 bits per heavy atom. The largest absolute Gasteiger partial charge is 0.345 e. The van der Waals surface area contributed by atoms with Gasteiger partial charge in [0.1, 0.15) is 0 Å². The second-order valence-corrected chi connectivity index (χ2v) is 7.19. The molecule has 0 saturated heterocycles. The number of carbonyl (C=O) groups excluding carboxylic acids is 1. The number of benzene rings is 1. The number of rotatable bonds is 3. The molecule has 3 aromatic rings. The van der Waals surface area contributed by atoms with Gasteiger partial charge in [0.05, 0.1) is 27.6 Å². The van der Waals surface area contributed by atoms with Crippen LogP contribution in [0.5, 0.6) is 0 Å². The zero-order valence-corrected chi connectivity index (χ0v) is 15.0. The number of aromatic nitrogens is 3. The normalized spacial score (nSPS) is 12.3. The summed E-state index contributed by atoms with van der Waals surface area (Å²) in [7, 11) is 0. The maximum atomic E-state index is 12.5. The highest BCUT2D eigenvalue weighted by molar-refractivity contribution is 7.71. The Balaban J connectivity index is 1.90. The minimum atomic E-state index is -0.273. The molecule has 2 aromatic heterocycles. The predicted octanol–water partition coefficient (Wildman–Crippen LogP) is 3.15. The summed E-state index contributed by atoms with van der Waals surface area (Å²) in [4.78, 5) is 35.2. The van der Waals surface area contributed by atoms with E-state index in [-0.39, 0.29) is 22.3 Å². The molecule has 0 saturated carbocycles. The summed E-state index contributed by atoms with van der Waals surface area (Å²) < 4.78 is 0.231. The van der Waals surface area contributed by atoms with Crippen LogP contribution < -0.4 is 10.9 Å². The van der Waals surface area contributed by atoms with Crippen molar-refractivity contribution in [1.82, 2.24) is 20.3 Å². The van der Waals surface area contributed by atoms with E-state index in [0.29, 0.717) is 16.5 Å². The number of aryl methyl sites for hydroxylation is 2. The fraction of sp³-hybridized carbons (Fsp3) is 0.250. The number of fused-ring (bicyclic) bond motifs is 1. The smallest absolute Gasteiger partial charge is 0.259 e. The Kier molecular flexibility index (Phi) is 4.33. The van der Waals surface area contributed by atoms with Crippen molar-refractivity contribution in [2.45, 2.75) is 26.8 Å². The maximum Gasteiger partial charge on any atom is 0.259 e. The first-order valence-electron chi connectivity index (χ1n) is 7.36. The first-order valence-corrected chi connectivity index (χ1v) is 8.59. The van der Waals surface area contributed by atoms with Crippen LogP contribution in [0, 0.1) is 18.6 Å². The molecule has 124 valence electrons. The third-order valence-electron chi connectivity index (χ3n) is 3.68. The van der Waals surface area contributed by atoms with E-state index < -0.39 is 0 Å². The van der Waals surface area contributed by atoms with Gasteiger partial charge in [0.2, 0.25) is 0 Å². The van der Waals surface area contributed by atoms with E-state index in [1.807, 2.05) is 20.8 Å². The van der Waals surface area contributed by atoms with Crippen molar-refractivity contribution in [2.24, 2.45) is 0 Å². The van der Waals surface area contributed by atoms with E-state index in [4.69, 9.17) is 12.2 Å². The minimum absolute atomic E-state index is 0.142. The van der Waals surface area contributed by atoms with E-state index in [2.05, 4.69) is 20.3 Å². The summed E-state index contributed by atoms with van der Waals surface area (Å²) in [5, 5.41) is 4.40. The zero-order chi connectivity index (χ0) is 17.4. The molecule has 3 N–H and O–H groups in total. The molecule has 0 bridgehead atoms. The molecule has 1 atom stereocenters. The van der Waals surface area contributed by atoms with Crippen LogP contribution in [0.3, 0.4) is 0 Å². The summed E-state index contributed by atoms with van der Waals surface area (Å²) >= 11 is 6.54. The van der Waals surface area contributed by atoms with Crippen LogP contribution >= 0.6 is 23.6 Å². The molecule has 24 heavy (non-hydrogen) atoms. The molecule has 3 rings (SSSR count). The molecule has 0 aliphatic rings. The third-order valence-corrected chi connectivity index (χ3v) is 5.14. The predicted molar refractivity (Wildman–Crippen MR) is 97.2 cm³/mol. The zero-order valence-electron chi connectivity index (χ0n) is 13.4. The number of hydrogen-bond donors (Lipinski definition) is 3. The highest BCUT2D eigenvalue weighted by atomic mass is 32.1. The monoisotopic (exact) mass is 360 g/mol. The molecule has 0 spiro atoms. The van der Waals surface area contributed by atoms with E-state index >= 15 is 0 Å². The number of H-pyrrole nitrogens is 2. The average molecular weight is 360 g/mol. The van der Waals surface area contributed by atoms with Crippen LogP contribution in [-0.4, -0.2) is 20.9 Å². The van der Waals surface area contributed by atoms with Gasteiger partial charge >= 0.3 is 0 Å². The van der Waals surface area contributed by atoms with Gasteiger partial charge in [-0.25, -0.2) is 4.98 Å². The van der Waals surface area contributed by atoms with Gasteiger partial charge in [-0.1, -0.05) is 0 Å². The standard InChI is InChI=1S/C16H16N4O2S2/c1-7-13(24-9(3)17-7)8(2)18-14(21)10-4-5-11-12(6-10)19-16(23)20-15(11)22/h4-6,8H,1-3H3,(H,18,21)(H2,19,20,22,23)/t8-/m0/s1. The van der Waals surface area contributed by atoms with Gasteiger partial charge in [-0.2, -0.15) is 0 Å². The molecule has 8 heteroatoms. The number of aromatic amines is 2. The van der Waals surface area contributed by atoms with Crippen LogP contribution in [0.4, 0.5) is 0 Å². The second-order valence-electron chi connectivity index (χ2n) is 5.55. The fourth-order valence-electron chi connectivity index (χ4n) is 2.61. The summed E-state index contributed by atoms with van der Waals surface area (Å²) in [6.07, 6.45) is 0. The van der Waals surface area contributed by atoms with E-state index in [9.17, 15) is 9.59 Å². The third kappa shape index (κ3) is 3.15. The number of nitrogens with one attached hydrogen (secondary N) is 3. The van der Waals surface area contributed by atoms with Crippen LogP contribution in [0.25, 0.3) is 10.9 Å². The average Bonchev–Trinajstić information content (AvgIpc) is 2.85. The molecular formula is C16H16N4O2S2. The SMILES string of the molecule is Cc1nc(C)c([C@H](C)NC(=O)c2ccc3c(=O)[nH]c(=S)[nH]c3c2)s1. The van der Waals surface area contributed by atoms with Crippen molar-refractivity contribution in [1.29, 1.82) is 0 Å². The number of hydrogen-bond acceptors (Lipinski definition) is 5.